The second-order valence-electron chi connectivity index (χ2n) is 8.22. The minimum absolute atomic E-state index is 0.0684. The largest absolute Gasteiger partial charge is 0.378 e. The number of carbonyl (C=O) groups excluding carboxylic acids is 2. The topological polar surface area (TPSA) is 90.9 Å². The van der Waals surface area contributed by atoms with E-state index in [-0.39, 0.29) is 11.8 Å². The molecule has 2 amide bonds. The average Bonchev–Trinajstić information content (AvgIpc) is 3.45. The molecular weight excluding hydrogens is 384 g/mol. The van der Waals surface area contributed by atoms with Crippen LogP contribution in [0.3, 0.4) is 0 Å². The summed E-state index contributed by atoms with van der Waals surface area (Å²) < 4.78 is 5.47. The molecule has 0 bridgehead atoms. The molecule has 0 radical (unpaired) electrons. The van der Waals surface area contributed by atoms with E-state index in [1.54, 1.807) is 11.8 Å². The number of rotatable bonds is 7. The van der Waals surface area contributed by atoms with Gasteiger partial charge < -0.3 is 24.8 Å². The quantitative estimate of drug-likeness (QED) is 0.695. The van der Waals surface area contributed by atoms with Crippen molar-refractivity contribution in [3.05, 3.63) is 11.8 Å². The summed E-state index contributed by atoms with van der Waals surface area (Å²) >= 11 is 0. The molecule has 1 aromatic rings. The van der Waals surface area contributed by atoms with E-state index in [2.05, 4.69) is 15.1 Å². The Kier molecular flexibility index (Phi) is 6.66. The van der Waals surface area contributed by atoms with E-state index in [4.69, 9.17) is 14.7 Å². The fourth-order valence-corrected chi connectivity index (χ4v) is 4.29. The summed E-state index contributed by atoms with van der Waals surface area (Å²) in [7, 11) is 0. The molecule has 4 heterocycles. The highest BCUT2D eigenvalue weighted by Gasteiger charge is 2.29. The highest BCUT2D eigenvalue weighted by Crippen LogP contribution is 2.22. The molecule has 4 rings (SSSR count). The summed E-state index contributed by atoms with van der Waals surface area (Å²) in [6.07, 6.45) is 4.35. The van der Waals surface area contributed by atoms with Crippen LogP contribution in [0.1, 0.15) is 38.3 Å². The van der Waals surface area contributed by atoms with Crippen molar-refractivity contribution in [2.24, 2.45) is 0 Å². The molecule has 0 aromatic carbocycles. The number of hydrogen-bond acceptors (Lipinski definition) is 7. The highest BCUT2D eigenvalue weighted by atomic mass is 16.5. The zero-order valence-corrected chi connectivity index (χ0v) is 17.8. The van der Waals surface area contributed by atoms with Gasteiger partial charge in [-0.25, -0.2) is 4.98 Å². The van der Waals surface area contributed by atoms with Gasteiger partial charge in [0.15, 0.2) is 0 Å². The third kappa shape index (κ3) is 4.83. The SMILES string of the molecule is C[C@H](C(=O)NCCc1cc(N2CCOCC2)nc(N2CCCC2)n1)N1CCCC1=O. The van der Waals surface area contributed by atoms with Gasteiger partial charge in [0.1, 0.15) is 11.9 Å². The highest BCUT2D eigenvalue weighted by molar-refractivity contribution is 5.88. The van der Waals surface area contributed by atoms with E-state index in [1.165, 1.54) is 12.8 Å². The van der Waals surface area contributed by atoms with Crippen molar-refractivity contribution in [1.29, 1.82) is 0 Å². The van der Waals surface area contributed by atoms with Crippen molar-refractivity contribution >= 4 is 23.6 Å². The Morgan fingerprint density at radius 1 is 1.10 bits per heavy atom. The van der Waals surface area contributed by atoms with Crippen LogP contribution >= 0.6 is 0 Å². The molecule has 164 valence electrons. The van der Waals surface area contributed by atoms with Gasteiger partial charge in [-0.05, 0) is 26.2 Å². The summed E-state index contributed by atoms with van der Waals surface area (Å²) in [4.78, 5) is 40.1. The van der Waals surface area contributed by atoms with Crippen molar-refractivity contribution in [2.75, 3.05) is 62.3 Å². The van der Waals surface area contributed by atoms with E-state index in [9.17, 15) is 9.59 Å². The van der Waals surface area contributed by atoms with Gasteiger partial charge in [0.05, 0.1) is 13.2 Å². The van der Waals surface area contributed by atoms with Crippen molar-refractivity contribution < 1.29 is 14.3 Å². The predicted octanol–water partition coefficient (Wildman–Crippen LogP) is 0.583. The first-order valence-electron chi connectivity index (χ1n) is 11.1. The monoisotopic (exact) mass is 416 g/mol. The van der Waals surface area contributed by atoms with E-state index < -0.39 is 6.04 Å². The van der Waals surface area contributed by atoms with Crippen LogP contribution in [-0.2, 0) is 20.7 Å². The van der Waals surface area contributed by atoms with Crippen LogP contribution in [0.4, 0.5) is 11.8 Å². The van der Waals surface area contributed by atoms with Crippen LogP contribution in [-0.4, -0.2) is 85.2 Å². The third-order valence-electron chi connectivity index (χ3n) is 6.12. The summed E-state index contributed by atoms with van der Waals surface area (Å²) in [5.41, 5.74) is 0.929. The number of amides is 2. The van der Waals surface area contributed by atoms with E-state index in [0.717, 1.165) is 50.1 Å². The van der Waals surface area contributed by atoms with Gasteiger partial charge >= 0.3 is 0 Å². The lowest BCUT2D eigenvalue weighted by molar-refractivity contribution is -0.136. The number of nitrogens with one attached hydrogen (secondary N) is 1. The summed E-state index contributed by atoms with van der Waals surface area (Å²) in [6, 6.07) is 1.61. The smallest absolute Gasteiger partial charge is 0.242 e. The lowest BCUT2D eigenvalue weighted by atomic mass is 10.2. The van der Waals surface area contributed by atoms with Crippen LogP contribution in [0.5, 0.6) is 0 Å². The van der Waals surface area contributed by atoms with Crippen molar-refractivity contribution in [3.8, 4) is 0 Å². The molecule has 9 heteroatoms. The molecule has 0 spiro atoms. The van der Waals surface area contributed by atoms with Crippen LogP contribution in [0.2, 0.25) is 0 Å². The molecule has 3 aliphatic heterocycles. The molecule has 0 unspecified atom stereocenters. The standard InChI is InChI=1S/C21H32N6O3/c1-16(27-10-4-5-19(27)28)20(29)22-7-6-17-15-18(25-11-13-30-14-12-25)24-21(23-17)26-8-2-3-9-26/h15-16H,2-14H2,1H3,(H,22,29)/t16-/m1/s1. The first kappa shape index (κ1) is 20.8. The Bertz CT molecular complexity index is 761. The molecule has 1 aromatic heterocycles. The fourth-order valence-electron chi connectivity index (χ4n) is 4.29. The number of likely N-dealkylation sites (tertiary alicyclic amines) is 1. The van der Waals surface area contributed by atoms with Crippen LogP contribution < -0.4 is 15.1 Å². The molecule has 30 heavy (non-hydrogen) atoms. The van der Waals surface area contributed by atoms with Gasteiger partial charge in [0.25, 0.3) is 0 Å². The average molecular weight is 417 g/mol. The lowest BCUT2D eigenvalue weighted by Gasteiger charge is -2.29. The normalized spacial score (nSPS) is 20.7. The van der Waals surface area contributed by atoms with Gasteiger partial charge in [-0.15, -0.1) is 0 Å². The molecule has 0 saturated carbocycles. The number of nitrogens with zero attached hydrogens (tertiary/aromatic N) is 5. The third-order valence-corrected chi connectivity index (χ3v) is 6.12. The molecule has 3 saturated heterocycles. The molecule has 3 aliphatic rings. The predicted molar refractivity (Wildman–Crippen MR) is 114 cm³/mol. The van der Waals surface area contributed by atoms with E-state index in [0.29, 0.717) is 39.1 Å². The Labute approximate surface area is 177 Å². The number of hydrogen-bond donors (Lipinski definition) is 1. The fraction of sp³-hybridized carbons (Fsp3) is 0.714. The van der Waals surface area contributed by atoms with Gasteiger partial charge in [0, 0.05) is 63.9 Å². The summed E-state index contributed by atoms with van der Waals surface area (Å²) in [6.45, 7) is 8.01. The van der Waals surface area contributed by atoms with Crippen LogP contribution in [0, 0.1) is 0 Å². The second kappa shape index (κ2) is 9.59. The molecule has 1 N–H and O–H groups in total. The Hall–Kier alpha value is -2.42. The molecule has 3 fully saturated rings. The maximum absolute atomic E-state index is 12.5. The maximum atomic E-state index is 12.5. The zero-order chi connectivity index (χ0) is 20.9. The van der Waals surface area contributed by atoms with Crippen LogP contribution in [0.15, 0.2) is 6.07 Å². The zero-order valence-electron chi connectivity index (χ0n) is 17.8. The van der Waals surface area contributed by atoms with Gasteiger partial charge in [-0.2, -0.15) is 4.98 Å². The minimum Gasteiger partial charge on any atom is -0.378 e. The van der Waals surface area contributed by atoms with Crippen molar-refractivity contribution in [3.63, 3.8) is 0 Å². The van der Waals surface area contributed by atoms with Crippen molar-refractivity contribution in [2.45, 2.75) is 45.1 Å². The summed E-state index contributed by atoms with van der Waals surface area (Å²) in [5, 5.41) is 2.98. The van der Waals surface area contributed by atoms with Crippen LogP contribution in [0.25, 0.3) is 0 Å². The minimum atomic E-state index is -0.422. The molecule has 9 nitrogen and oxygen atoms in total. The molecule has 1 atom stereocenters. The number of aromatic nitrogens is 2. The van der Waals surface area contributed by atoms with E-state index >= 15 is 0 Å². The van der Waals surface area contributed by atoms with Crippen molar-refractivity contribution in [1.82, 2.24) is 20.2 Å². The number of carbonyl (C=O) groups is 2. The maximum Gasteiger partial charge on any atom is 0.242 e. The number of anilines is 2. The Balaban J connectivity index is 1.40. The molecule has 0 aliphatic carbocycles. The van der Waals surface area contributed by atoms with Gasteiger partial charge in [-0.3, -0.25) is 9.59 Å². The second-order valence-corrected chi connectivity index (χ2v) is 8.22. The number of ether oxygens (including phenoxy) is 1. The van der Waals surface area contributed by atoms with Gasteiger partial charge in [0.2, 0.25) is 17.8 Å². The van der Waals surface area contributed by atoms with Gasteiger partial charge in [-0.1, -0.05) is 0 Å². The first-order chi connectivity index (χ1) is 14.6. The Morgan fingerprint density at radius 2 is 1.87 bits per heavy atom. The lowest BCUT2D eigenvalue weighted by Crippen LogP contribution is -2.46. The first-order valence-corrected chi connectivity index (χ1v) is 11.1. The van der Waals surface area contributed by atoms with E-state index in [1.807, 2.05) is 6.07 Å². The Morgan fingerprint density at radius 3 is 2.57 bits per heavy atom. The number of morpholine rings is 1. The summed E-state index contributed by atoms with van der Waals surface area (Å²) in [5.74, 6) is 1.69. The molecular formula is C21H32N6O3.